The zero-order valence-electron chi connectivity index (χ0n) is 38.7. The van der Waals surface area contributed by atoms with Gasteiger partial charge in [-0.3, -0.25) is 52.7 Å². The third-order valence-electron chi connectivity index (χ3n) is 9.71. The Labute approximate surface area is 382 Å². The predicted octanol–water partition coefficient (Wildman–Crippen LogP) is -5.08. The van der Waals surface area contributed by atoms with E-state index in [1.54, 1.807) is 41.5 Å². The number of nitrogens with one attached hydrogen (secondary N) is 8. The van der Waals surface area contributed by atoms with Crippen LogP contribution in [0.25, 0.3) is 0 Å². The largest absolute Gasteiger partial charge is 0.481 e. The number of amides is 10. The number of aliphatic hydroxyl groups excluding tert-OH is 1. The second kappa shape index (κ2) is 28.5. The molecule has 0 bridgehead atoms. The minimum atomic E-state index is -1.91. The fourth-order valence-corrected chi connectivity index (χ4v) is 5.90. The van der Waals surface area contributed by atoms with E-state index in [1.807, 2.05) is 0 Å². The van der Waals surface area contributed by atoms with E-state index in [2.05, 4.69) is 42.5 Å². The second-order valence-electron chi connectivity index (χ2n) is 17.2. The van der Waals surface area contributed by atoms with Gasteiger partial charge >= 0.3 is 11.9 Å². The summed E-state index contributed by atoms with van der Waals surface area (Å²) in [5.74, 6) is -14.9. The standard InChI is InChI=1S/C40H69N11O15/c1-16(2)12-22(47-37(62)29(43)17(3)4)35(60)49-30(18(5)6)39(64)48-24(14-28(56)57)34(59)46-21(10-11-25(41)53)33(58)51-32(20(9)52)38(63)44-15-27(55)45-23(13-26(42)54)36(61)50-31(19(7)8)40(65)66/h16-24,29-32,52H,10-15,43H2,1-9H3,(H2,41,53)(H2,42,54)(H,44,63)(H,45,55)(H,46,59)(H,47,62)(H,48,64)(H,49,60)(H,50,61)(H,51,58)(H,56,57)(H,65,66)/t20-,21+,22+,23+,24+,29+,30+,31+,32+/m1/s1. The summed E-state index contributed by atoms with van der Waals surface area (Å²) in [5, 5.41) is 47.6. The van der Waals surface area contributed by atoms with Gasteiger partial charge in [-0.15, -0.1) is 0 Å². The fourth-order valence-electron chi connectivity index (χ4n) is 5.90. The summed E-state index contributed by atoms with van der Waals surface area (Å²) in [6.07, 6.45) is -4.47. The Balaban J connectivity index is 6.28. The molecule has 0 spiro atoms. The molecule has 26 nitrogen and oxygen atoms in total. The molecule has 0 unspecified atom stereocenters. The van der Waals surface area contributed by atoms with Crippen molar-refractivity contribution < 1.29 is 72.9 Å². The van der Waals surface area contributed by atoms with E-state index in [0.29, 0.717) is 0 Å². The SMILES string of the molecule is CC(C)C[C@H](NC(=O)[C@@H](N)C(C)C)C(=O)N[C@H](C(=O)N[C@@H](CC(=O)O)C(=O)N[C@@H](CCC(N)=O)C(=O)N[C@H](C(=O)NCC(=O)N[C@@H](CC(N)=O)C(=O)N[C@H](C(=O)O)C(C)C)[C@@H](C)O)C(C)C. The fraction of sp³-hybridized carbons (Fsp3) is 0.700. The number of carboxylic acids is 2. The normalized spacial score (nSPS) is 15.3. The van der Waals surface area contributed by atoms with Crippen molar-refractivity contribution >= 4 is 71.0 Å². The number of aliphatic carboxylic acids is 2. The maximum absolute atomic E-state index is 13.6. The maximum Gasteiger partial charge on any atom is 0.326 e. The molecular formula is C40H69N11O15. The molecule has 0 aromatic rings. The molecule has 0 aliphatic carbocycles. The van der Waals surface area contributed by atoms with Crippen LogP contribution in [0, 0.1) is 23.7 Å². The van der Waals surface area contributed by atoms with E-state index in [-0.39, 0.29) is 18.3 Å². The Bertz CT molecular complexity index is 1770. The molecule has 0 aromatic heterocycles. The van der Waals surface area contributed by atoms with Gasteiger partial charge in [0.2, 0.25) is 59.1 Å². The first-order valence-electron chi connectivity index (χ1n) is 21.2. The average molecular weight is 944 g/mol. The van der Waals surface area contributed by atoms with Crippen molar-refractivity contribution in [3.8, 4) is 0 Å². The molecule has 10 amide bonds. The van der Waals surface area contributed by atoms with Crippen LogP contribution in [-0.2, 0) is 57.5 Å². The van der Waals surface area contributed by atoms with E-state index in [1.165, 1.54) is 13.8 Å². The van der Waals surface area contributed by atoms with Crippen LogP contribution in [0.5, 0.6) is 0 Å². The van der Waals surface area contributed by atoms with E-state index in [4.69, 9.17) is 17.2 Å². The maximum atomic E-state index is 13.6. The summed E-state index contributed by atoms with van der Waals surface area (Å²) in [4.78, 5) is 153. The van der Waals surface area contributed by atoms with Crippen molar-refractivity contribution in [2.24, 2.45) is 40.9 Å². The van der Waals surface area contributed by atoms with Crippen molar-refractivity contribution in [2.75, 3.05) is 6.54 Å². The molecule has 26 heteroatoms. The number of carbonyl (C=O) groups excluding carboxylic acids is 10. The highest BCUT2D eigenvalue weighted by atomic mass is 16.4. The van der Waals surface area contributed by atoms with Gasteiger partial charge in [0.15, 0.2) is 0 Å². The van der Waals surface area contributed by atoms with Gasteiger partial charge in [-0.2, -0.15) is 0 Å². The monoisotopic (exact) mass is 943 g/mol. The van der Waals surface area contributed by atoms with Gasteiger partial charge in [0.25, 0.3) is 0 Å². The number of nitrogens with two attached hydrogens (primary N) is 3. The Hall–Kier alpha value is -6.44. The van der Waals surface area contributed by atoms with Gasteiger partial charge < -0.3 is 75.1 Å². The van der Waals surface area contributed by atoms with Gasteiger partial charge in [-0.05, 0) is 43.4 Å². The van der Waals surface area contributed by atoms with E-state index >= 15 is 0 Å². The van der Waals surface area contributed by atoms with Crippen molar-refractivity contribution in [3.63, 3.8) is 0 Å². The quantitative estimate of drug-likeness (QED) is 0.0320. The Morgan fingerprint density at radius 2 is 0.939 bits per heavy atom. The predicted molar refractivity (Wildman–Crippen MR) is 232 cm³/mol. The number of carbonyl (C=O) groups is 12. The first-order valence-corrected chi connectivity index (χ1v) is 21.2. The minimum absolute atomic E-state index is 0.107. The number of hydrogen-bond acceptors (Lipinski definition) is 14. The molecule has 0 rings (SSSR count). The summed E-state index contributed by atoms with van der Waals surface area (Å²) in [6, 6.07) is -12.1. The van der Waals surface area contributed by atoms with Crippen molar-refractivity contribution in [2.45, 2.75) is 149 Å². The lowest BCUT2D eigenvalue weighted by atomic mass is 9.98. The van der Waals surface area contributed by atoms with E-state index in [9.17, 15) is 72.9 Å². The summed E-state index contributed by atoms with van der Waals surface area (Å²) >= 11 is 0. The van der Waals surface area contributed by atoms with Crippen LogP contribution < -0.4 is 59.7 Å². The first kappa shape index (κ1) is 59.6. The van der Waals surface area contributed by atoms with Crippen LogP contribution in [0.15, 0.2) is 0 Å². The van der Waals surface area contributed by atoms with Gasteiger partial charge in [0, 0.05) is 6.42 Å². The average Bonchev–Trinajstić information content (AvgIpc) is 3.18. The zero-order valence-corrected chi connectivity index (χ0v) is 38.7. The highest BCUT2D eigenvalue weighted by Gasteiger charge is 2.36. The van der Waals surface area contributed by atoms with Crippen LogP contribution in [0.1, 0.15) is 94.4 Å². The molecule has 0 saturated heterocycles. The van der Waals surface area contributed by atoms with Gasteiger partial charge in [0.05, 0.1) is 31.5 Å². The van der Waals surface area contributed by atoms with Crippen LogP contribution in [0.3, 0.4) is 0 Å². The zero-order chi connectivity index (χ0) is 51.3. The number of carboxylic acid groups (broad SMARTS) is 2. The van der Waals surface area contributed by atoms with Crippen LogP contribution >= 0.6 is 0 Å². The van der Waals surface area contributed by atoms with Crippen molar-refractivity contribution in [3.05, 3.63) is 0 Å². The molecule has 66 heavy (non-hydrogen) atoms. The molecule has 374 valence electrons. The van der Waals surface area contributed by atoms with Crippen LogP contribution in [-0.4, -0.2) is 147 Å². The molecule has 0 aliphatic rings. The molecule has 0 aliphatic heterocycles. The summed E-state index contributed by atoms with van der Waals surface area (Å²) < 4.78 is 0. The Morgan fingerprint density at radius 1 is 0.485 bits per heavy atom. The first-order chi connectivity index (χ1) is 30.4. The third kappa shape index (κ3) is 22.0. The molecule has 0 radical (unpaired) electrons. The van der Waals surface area contributed by atoms with Gasteiger partial charge in [-0.1, -0.05) is 55.4 Å². The molecule has 0 heterocycles. The molecule has 17 N–H and O–H groups in total. The number of primary amides is 2. The number of aliphatic hydroxyl groups is 1. The molecule has 9 atom stereocenters. The topological polar surface area (TPSA) is 440 Å². The second-order valence-corrected chi connectivity index (χ2v) is 17.2. The Kier molecular flexibility index (Phi) is 25.7. The number of hydrogen-bond donors (Lipinski definition) is 14. The third-order valence-corrected chi connectivity index (χ3v) is 9.71. The molecular weight excluding hydrogens is 875 g/mol. The molecule has 0 fully saturated rings. The highest BCUT2D eigenvalue weighted by molar-refractivity contribution is 5.99. The van der Waals surface area contributed by atoms with Crippen molar-refractivity contribution in [1.29, 1.82) is 0 Å². The van der Waals surface area contributed by atoms with E-state index in [0.717, 1.165) is 6.92 Å². The lowest BCUT2D eigenvalue weighted by Crippen LogP contribution is -2.61. The minimum Gasteiger partial charge on any atom is -0.481 e. The van der Waals surface area contributed by atoms with Gasteiger partial charge in [-0.25, -0.2) is 4.79 Å². The lowest BCUT2D eigenvalue weighted by Gasteiger charge is -2.29. The molecule has 0 aromatic carbocycles. The van der Waals surface area contributed by atoms with E-state index < -0.39 is 170 Å². The lowest BCUT2D eigenvalue weighted by molar-refractivity contribution is -0.143. The number of rotatable bonds is 30. The summed E-state index contributed by atoms with van der Waals surface area (Å²) in [6.45, 7) is 13.2. The summed E-state index contributed by atoms with van der Waals surface area (Å²) in [7, 11) is 0. The van der Waals surface area contributed by atoms with Crippen molar-refractivity contribution in [1.82, 2.24) is 42.5 Å². The smallest absolute Gasteiger partial charge is 0.326 e. The molecule has 0 saturated carbocycles. The van der Waals surface area contributed by atoms with Gasteiger partial charge in [0.1, 0.15) is 42.3 Å². The van der Waals surface area contributed by atoms with Crippen LogP contribution in [0.2, 0.25) is 0 Å². The highest BCUT2D eigenvalue weighted by Crippen LogP contribution is 2.11. The summed E-state index contributed by atoms with van der Waals surface area (Å²) in [5.41, 5.74) is 16.4. The Morgan fingerprint density at radius 3 is 1.39 bits per heavy atom. The van der Waals surface area contributed by atoms with Crippen LogP contribution in [0.4, 0.5) is 0 Å².